The fraction of sp³-hybridized carbons (Fsp3) is 0.125. The summed E-state index contributed by atoms with van der Waals surface area (Å²) >= 11 is 0. The first-order valence-electron chi connectivity index (χ1n) is 6.68. The molecule has 0 aliphatic heterocycles. The number of allylic oxidation sites excluding steroid dienone is 1. The molecule has 0 fully saturated rings. The third-order valence-corrected chi connectivity index (χ3v) is 2.70. The quantitative estimate of drug-likeness (QED) is 0.608. The number of para-hydroxylation sites is 2. The second-order valence-electron chi connectivity index (χ2n) is 4.24. The molecule has 2 N–H and O–H groups in total. The number of hydrazone groups is 1. The van der Waals surface area contributed by atoms with Crippen molar-refractivity contribution in [3.8, 4) is 5.75 Å². The van der Waals surface area contributed by atoms with E-state index in [0.29, 0.717) is 5.75 Å². The van der Waals surface area contributed by atoms with E-state index in [0.717, 1.165) is 11.4 Å². The maximum absolute atomic E-state index is 11.6. The molecule has 0 spiro atoms. The SMILES string of the molecule is COc1ccccc1NCC(=O)N/N=C\C=C\c1ccco1. The summed E-state index contributed by atoms with van der Waals surface area (Å²) in [5, 5.41) is 6.78. The first kappa shape index (κ1) is 15.4. The Labute approximate surface area is 128 Å². The molecule has 114 valence electrons. The number of anilines is 1. The Morgan fingerprint density at radius 3 is 2.95 bits per heavy atom. The highest BCUT2D eigenvalue weighted by Gasteiger charge is 2.03. The van der Waals surface area contributed by atoms with Gasteiger partial charge >= 0.3 is 0 Å². The number of nitrogens with zero attached hydrogens (tertiary/aromatic N) is 1. The van der Waals surface area contributed by atoms with Gasteiger partial charge in [0.15, 0.2) is 0 Å². The topological polar surface area (TPSA) is 75.9 Å². The van der Waals surface area contributed by atoms with Crippen LogP contribution in [-0.4, -0.2) is 25.8 Å². The number of ether oxygens (including phenoxy) is 1. The highest BCUT2D eigenvalue weighted by Crippen LogP contribution is 2.22. The molecule has 1 aromatic heterocycles. The number of hydrogen-bond donors (Lipinski definition) is 2. The van der Waals surface area contributed by atoms with E-state index in [4.69, 9.17) is 9.15 Å². The van der Waals surface area contributed by atoms with Crippen LogP contribution in [0.2, 0.25) is 0 Å². The molecule has 6 heteroatoms. The molecule has 2 aromatic rings. The largest absolute Gasteiger partial charge is 0.495 e. The molecule has 0 aliphatic carbocycles. The Morgan fingerprint density at radius 1 is 1.32 bits per heavy atom. The van der Waals surface area contributed by atoms with Crippen LogP contribution in [-0.2, 0) is 4.79 Å². The monoisotopic (exact) mass is 299 g/mol. The lowest BCUT2D eigenvalue weighted by atomic mass is 10.3. The second kappa shape index (κ2) is 8.31. The number of amides is 1. The van der Waals surface area contributed by atoms with E-state index in [2.05, 4.69) is 15.8 Å². The number of carbonyl (C=O) groups is 1. The molecule has 1 aromatic carbocycles. The predicted molar refractivity (Wildman–Crippen MR) is 85.9 cm³/mol. The lowest BCUT2D eigenvalue weighted by Gasteiger charge is -2.09. The van der Waals surface area contributed by atoms with Crippen LogP contribution in [0.1, 0.15) is 5.76 Å². The number of rotatable bonds is 7. The van der Waals surface area contributed by atoms with Gasteiger partial charge in [0, 0.05) is 6.21 Å². The van der Waals surface area contributed by atoms with Gasteiger partial charge in [-0.2, -0.15) is 5.10 Å². The highest BCUT2D eigenvalue weighted by atomic mass is 16.5. The molecular formula is C16H17N3O3. The van der Waals surface area contributed by atoms with Crippen LogP contribution in [0.4, 0.5) is 5.69 Å². The number of furan rings is 1. The zero-order valence-electron chi connectivity index (χ0n) is 12.2. The van der Waals surface area contributed by atoms with Gasteiger partial charge in [0.05, 0.1) is 25.6 Å². The van der Waals surface area contributed by atoms with Gasteiger partial charge in [-0.05, 0) is 36.4 Å². The molecule has 0 atom stereocenters. The summed E-state index contributed by atoms with van der Waals surface area (Å²) in [6.07, 6.45) is 6.47. The van der Waals surface area contributed by atoms with Gasteiger partial charge in [-0.3, -0.25) is 4.79 Å². The molecule has 1 heterocycles. The van der Waals surface area contributed by atoms with Crippen molar-refractivity contribution in [1.82, 2.24) is 5.43 Å². The smallest absolute Gasteiger partial charge is 0.259 e. The first-order chi connectivity index (χ1) is 10.8. The van der Waals surface area contributed by atoms with Crippen LogP contribution < -0.4 is 15.5 Å². The fourth-order valence-corrected chi connectivity index (χ4v) is 1.68. The van der Waals surface area contributed by atoms with E-state index in [1.807, 2.05) is 30.3 Å². The zero-order valence-corrected chi connectivity index (χ0v) is 12.2. The number of nitrogens with one attached hydrogen (secondary N) is 2. The first-order valence-corrected chi connectivity index (χ1v) is 6.68. The van der Waals surface area contributed by atoms with E-state index in [1.165, 1.54) is 6.21 Å². The van der Waals surface area contributed by atoms with Crippen molar-refractivity contribution >= 4 is 23.9 Å². The molecule has 0 aliphatic rings. The van der Waals surface area contributed by atoms with Crippen LogP contribution in [0, 0.1) is 0 Å². The average Bonchev–Trinajstić information content (AvgIpc) is 3.06. The Hall–Kier alpha value is -3.02. The minimum atomic E-state index is -0.256. The van der Waals surface area contributed by atoms with Gasteiger partial charge < -0.3 is 14.5 Å². The lowest BCUT2D eigenvalue weighted by molar-refractivity contribution is -0.119. The van der Waals surface area contributed by atoms with Gasteiger partial charge in [0.2, 0.25) is 0 Å². The average molecular weight is 299 g/mol. The van der Waals surface area contributed by atoms with E-state index in [9.17, 15) is 4.79 Å². The Balaban J connectivity index is 1.74. The standard InChI is InChI=1S/C16H17N3O3/c1-21-15-9-3-2-8-14(15)17-12-16(20)19-18-10-4-6-13-7-5-11-22-13/h2-11,17H,12H2,1H3,(H,19,20)/b6-4+,18-10-. The molecular weight excluding hydrogens is 282 g/mol. The van der Waals surface area contributed by atoms with Gasteiger partial charge in [0.1, 0.15) is 11.5 Å². The minimum Gasteiger partial charge on any atom is -0.495 e. The maximum atomic E-state index is 11.6. The van der Waals surface area contributed by atoms with E-state index in [-0.39, 0.29) is 12.5 Å². The van der Waals surface area contributed by atoms with E-state index >= 15 is 0 Å². The summed E-state index contributed by atoms with van der Waals surface area (Å²) in [6.45, 7) is 0.0968. The maximum Gasteiger partial charge on any atom is 0.259 e. The molecule has 0 saturated carbocycles. The molecule has 1 amide bonds. The third kappa shape index (κ3) is 4.82. The van der Waals surface area contributed by atoms with Crippen molar-refractivity contribution in [3.63, 3.8) is 0 Å². The number of methoxy groups -OCH3 is 1. The Kier molecular flexibility index (Phi) is 5.80. The number of hydrogen-bond acceptors (Lipinski definition) is 5. The van der Waals surface area contributed by atoms with Gasteiger partial charge in [-0.15, -0.1) is 0 Å². The zero-order chi connectivity index (χ0) is 15.6. The molecule has 0 saturated heterocycles. The molecule has 6 nitrogen and oxygen atoms in total. The molecule has 0 radical (unpaired) electrons. The Morgan fingerprint density at radius 2 is 2.18 bits per heavy atom. The van der Waals surface area contributed by atoms with Crippen molar-refractivity contribution in [3.05, 3.63) is 54.5 Å². The van der Waals surface area contributed by atoms with Crippen molar-refractivity contribution in [1.29, 1.82) is 0 Å². The second-order valence-corrected chi connectivity index (χ2v) is 4.24. The van der Waals surface area contributed by atoms with Crippen LogP contribution >= 0.6 is 0 Å². The molecule has 2 rings (SSSR count). The highest BCUT2D eigenvalue weighted by molar-refractivity contribution is 5.83. The van der Waals surface area contributed by atoms with E-state index in [1.54, 1.807) is 31.6 Å². The lowest BCUT2D eigenvalue weighted by Crippen LogP contribution is -2.25. The van der Waals surface area contributed by atoms with E-state index < -0.39 is 0 Å². The van der Waals surface area contributed by atoms with Crippen molar-refractivity contribution in [2.24, 2.45) is 5.10 Å². The number of carbonyl (C=O) groups excluding carboxylic acids is 1. The summed E-state index contributed by atoms with van der Waals surface area (Å²) < 4.78 is 10.3. The molecule has 0 unspecified atom stereocenters. The summed E-state index contributed by atoms with van der Waals surface area (Å²) in [4.78, 5) is 11.6. The normalized spacial score (nSPS) is 11.0. The van der Waals surface area contributed by atoms with Crippen LogP contribution in [0.3, 0.4) is 0 Å². The fourth-order valence-electron chi connectivity index (χ4n) is 1.68. The number of benzene rings is 1. The van der Waals surface area contributed by atoms with Crippen molar-refractivity contribution in [2.75, 3.05) is 19.0 Å². The van der Waals surface area contributed by atoms with Gasteiger partial charge in [-0.25, -0.2) is 5.43 Å². The summed E-state index contributed by atoms with van der Waals surface area (Å²) in [7, 11) is 1.58. The molecule has 0 bridgehead atoms. The molecule has 22 heavy (non-hydrogen) atoms. The van der Waals surface area contributed by atoms with Crippen LogP contribution in [0.25, 0.3) is 6.08 Å². The Bertz CT molecular complexity index is 648. The summed E-state index contributed by atoms with van der Waals surface area (Å²) in [5.41, 5.74) is 3.17. The van der Waals surface area contributed by atoms with Crippen LogP contribution in [0.15, 0.2) is 58.3 Å². The summed E-state index contributed by atoms with van der Waals surface area (Å²) in [6, 6.07) is 11.0. The van der Waals surface area contributed by atoms with Crippen LogP contribution in [0.5, 0.6) is 5.75 Å². The predicted octanol–water partition coefficient (Wildman–Crippen LogP) is 2.52. The van der Waals surface area contributed by atoms with Gasteiger partial charge in [-0.1, -0.05) is 12.1 Å². The van der Waals surface area contributed by atoms with Crippen molar-refractivity contribution < 1.29 is 13.9 Å². The third-order valence-electron chi connectivity index (χ3n) is 2.70. The van der Waals surface area contributed by atoms with Crippen molar-refractivity contribution in [2.45, 2.75) is 0 Å². The minimum absolute atomic E-state index is 0.0968. The van der Waals surface area contributed by atoms with Gasteiger partial charge in [0.25, 0.3) is 5.91 Å². The summed E-state index contributed by atoms with van der Waals surface area (Å²) in [5.74, 6) is 1.14.